The minimum absolute atomic E-state index is 0.0531. The van der Waals surface area contributed by atoms with Crippen LogP contribution in [0.4, 0.5) is 32.2 Å². The molecular weight excluding hydrogens is 448 g/mol. The number of carbonyl (C=O) groups excluding carboxylic acids is 1. The fraction of sp³-hybridized carbons (Fsp3) is 0.304. The average Bonchev–Trinajstić information content (AvgIpc) is 3.20. The largest absolute Gasteiger partial charge is 0.416 e. The van der Waals surface area contributed by atoms with Gasteiger partial charge < -0.3 is 5.32 Å². The maximum Gasteiger partial charge on any atom is 0.416 e. The Balaban J connectivity index is 1.61. The van der Waals surface area contributed by atoms with Crippen LogP contribution in [-0.2, 0) is 12.6 Å². The molecule has 0 spiro atoms. The second-order valence-electron chi connectivity index (χ2n) is 7.83. The Hall–Kier alpha value is -3.30. The molecule has 4 rings (SSSR count). The van der Waals surface area contributed by atoms with Crippen LogP contribution in [-0.4, -0.2) is 21.7 Å². The molecule has 3 aromatic rings. The highest BCUT2D eigenvalue weighted by molar-refractivity contribution is 6.00. The van der Waals surface area contributed by atoms with Crippen LogP contribution in [0.15, 0.2) is 60.8 Å². The molecule has 1 aliphatic heterocycles. The van der Waals surface area contributed by atoms with Crippen LogP contribution in [0.1, 0.15) is 52.0 Å². The fourth-order valence-corrected chi connectivity index (χ4v) is 4.07. The summed E-state index contributed by atoms with van der Waals surface area (Å²) in [5.41, 5.74) is -0.344. The van der Waals surface area contributed by atoms with E-state index >= 15 is 0 Å². The number of nitrogens with one attached hydrogen (secondary N) is 1. The Morgan fingerprint density at radius 1 is 1.00 bits per heavy atom. The van der Waals surface area contributed by atoms with Gasteiger partial charge in [-0.2, -0.15) is 31.4 Å². The molecule has 0 saturated carbocycles. The summed E-state index contributed by atoms with van der Waals surface area (Å²) in [5.74, 6) is -0.665. The third-order valence-corrected chi connectivity index (χ3v) is 5.68. The first-order chi connectivity index (χ1) is 15.6. The quantitative estimate of drug-likeness (QED) is 0.350. The molecule has 0 fully saturated rings. The Kier molecular flexibility index (Phi) is 5.94. The van der Waals surface area contributed by atoms with E-state index in [1.807, 2.05) is 0 Å². The van der Waals surface area contributed by atoms with Crippen molar-refractivity contribution in [2.75, 3.05) is 5.32 Å². The van der Waals surface area contributed by atoms with Crippen LogP contribution in [0.3, 0.4) is 0 Å². The van der Waals surface area contributed by atoms with Crippen molar-refractivity contribution in [1.29, 1.82) is 0 Å². The highest BCUT2D eigenvalue weighted by Gasteiger charge is 2.47. The summed E-state index contributed by atoms with van der Waals surface area (Å²) in [6.07, 6.45) is -8.94. The van der Waals surface area contributed by atoms with Crippen LogP contribution in [0.5, 0.6) is 0 Å². The number of Topliss-reactive ketones (excluding diaryl/α,β-unsaturated/α-hetero) is 1. The third-order valence-electron chi connectivity index (χ3n) is 5.68. The minimum Gasteiger partial charge on any atom is -0.363 e. The Morgan fingerprint density at radius 3 is 2.33 bits per heavy atom. The monoisotopic (exact) mass is 467 g/mol. The standard InChI is InChI=1S/C23H19F6N3O/c24-22(25,26)17-9-5-4-6-14(17)10-11-19(33)16-13-30-32-20(23(27,28)29)12-18(31-21(16)32)15-7-2-1-3-8-15/h1-9,13,18,20,31H,10-12H2. The van der Waals surface area contributed by atoms with E-state index in [9.17, 15) is 31.1 Å². The molecule has 2 aromatic carbocycles. The zero-order chi connectivity index (χ0) is 23.8. The van der Waals surface area contributed by atoms with Gasteiger partial charge in [0, 0.05) is 12.8 Å². The Bertz CT molecular complexity index is 1140. The maximum absolute atomic E-state index is 13.8. The van der Waals surface area contributed by atoms with Gasteiger partial charge in [0.2, 0.25) is 0 Å². The predicted molar refractivity (Wildman–Crippen MR) is 109 cm³/mol. The molecule has 2 atom stereocenters. The topological polar surface area (TPSA) is 46.9 Å². The van der Waals surface area contributed by atoms with Crippen molar-refractivity contribution < 1.29 is 31.1 Å². The summed E-state index contributed by atoms with van der Waals surface area (Å²) in [7, 11) is 0. The van der Waals surface area contributed by atoms with Crippen molar-refractivity contribution in [2.24, 2.45) is 0 Å². The average molecular weight is 467 g/mol. The molecule has 174 valence electrons. The smallest absolute Gasteiger partial charge is 0.363 e. The van der Waals surface area contributed by atoms with E-state index in [0.717, 1.165) is 16.9 Å². The van der Waals surface area contributed by atoms with E-state index in [1.165, 1.54) is 18.2 Å². The number of carbonyl (C=O) groups is 1. The lowest BCUT2D eigenvalue weighted by Gasteiger charge is -2.34. The van der Waals surface area contributed by atoms with Gasteiger partial charge in [-0.25, -0.2) is 4.68 Å². The lowest BCUT2D eigenvalue weighted by atomic mass is 9.95. The van der Waals surface area contributed by atoms with Gasteiger partial charge in [0.1, 0.15) is 5.82 Å². The molecule has 4 nitrogen and oxygen atoms in total. The first-order valence-corrected chi connectivity index (χ1v) is 10.2. The summed E-state index contributed by atoms with van der Waals surface area (Å²) in [4.78, 5) is 12.9. The van der Waals surface area contributed by atoms with Gasteiger partial charge in [-0.1, -0.05) is 48.5 Å². The Labute approximate surface area is 185 Å². The number of aryl methyl sites for hydroxylation is 1. The summed E-state index contributed by atoms with van der Waals surface area (Å²) in [6, 6.07) is 10.8. The number of nitrogens with zero attached hydrogens (tertiary/aromatic N) is 2. The number of ketones is 1. The van der Waals surface area contributed by atoms with Gasteiger partial charge >= 0.3 is 12.4 Å². The molecule has 1 aromatic heterocycles. The van der Waals surface area contributed by atoms with E-state index in [0.29, 0.717) is 5.56 Å². The van der Waals surface area contributed by atoms with Gasteiger partial charge in [-0.15, -0.1) is 0 Å². The molecule has 2 heterocycles. The van der Waals surface area contributed by atoms with Crippen LogP contribution < -0.4 is 5.32 Å². The van der Waals surface area contributed by atoms with Crippen molar-refractivity contribution in [3.63, 3.8) is 0 Å². The molecule has 0 aliphatic carbocycles. The van der Waals surface area contributed by atoms with Crippen molar-refractivity contribution in [3.05, 3.63) is 83.0 Å². The lowest BCUT2D eigenvalue weighted by Crippen LogP contribution is -2.36. The van der Waals surface area contributed by atoms with Crippen molar-refractivity contribution >= 4 is 11.6 Å². The Morgan fingerprint density at radius 2 is 1.67 bits per heavy atom. The van der Waals surface area contributed by atoms with E-state index in [-0.39, 0.29) is 36.2 Å². The number of benzene rings is 2. The molecule has 0 amide bonds. The summed E-state index contributed by atoms with van der Waals surface area (Å²) in [6.45, 7) is 0. The molecule has 0 radical (unpaired) electrons. The van der Waals surface area contributed by atoms with Crippen LogP contribution in [0.2, 0.25) is 0 Å². The van der Waals surface area contributed by atoms with Crippen molar-refractivity contribution in [3.8, 4) is 0 Å². The molecule has 1 N–H and O–H groups in total. The number of alkyl halides is 6. The van der Waals surface area contributed by atoms with E-state index in [4.69, 9.17) is 0 Å². The van der Waals surface area contributed by atoms with E-state index in [2.05, 4.69) is 10.4 Å². The maximum atomic E-state index is 13.8. The molecular formula is C23H19F6N3O. The zero-order valence-electron chi connectivity index (χ0n) is 17.1. The predicted octanol–water partition coefficient (Wildman–Crippen LogP) is 6.38. The second-order valence-corrected chi connectivity index (χ2v) is 7.83. The highest BCUT2D eigenvalue weighted by Crippen LogP contribution is 2.44. The van der Waals surface area contributed by atoms with E-state index in [1.54, 1.807) is 30.3 Å². The summed E-state index contributed by atoms with van der Waals surface area (Å²) in [5, 5.41) is 6.78. The number of halogens is 6. The van der Waals surface area contributed by atoms with Crippen molar-refractivity contribution in [1.82, 2.24) is 9.78 Å². The molecule has 10 heteroatoms. The van der Waals surface area contributed by atoms with Crippen LogP contribution >= 0.6 is 0 Å². The lowest BCUT2D eigenvalue weighted by molar-refractivity contribution is -0.173. The molecule has 0 bridgehead atoms. The molecule has 0 saturated heterocycles. The SMILES string of the molecule is O=C(CCc1ccccc1C(F)(F)F)c1cnn2c1NC(c1ccccc1)CC2C(F)(F)F. The summed E-state index contributed by atoms with van der Waals surface area (Å²) >= 11 is 0. The first-order valence-electron chi connectivity index (χ1n) is 10.2. The second kappa shape index (κ2) is 8.57. The number of aromatic nitrogens is 2. The first kappa shape index (κ1) is 22.9. The minimum atomic E-state index is -4.60. The summed E-state index contributed by atoms with van der Waals surface area (Å²) < 4.78 is 81.7. The van der Waals surface area contributed by atoms with Crippen molar-refractivity contribution in [2.45, 2.75) is 43.7 Å². The number of fused-ring (bicyclic) bond motifs is 1. The van der Waals surface area contributed by atoms with Gasteiger partial charge in [0.15, 0.2) is 11.8 Å². The molecule has 2 unspecified atom stereocenters. The fourth-order valence-electron chi connectivity index (χ4n) is 4.07. The highest BCUT2D eigenvalue weighted by atomic mass is 19.4. The molecule has 1 aliphatic rings. The van der Waals surface area contributed by atoms with Gasteiger partial charge in [0.05, 0.1) is 23.4 Å². The molecule has 33 heavy (non-hydrogen) atoms. The zero-order valence-corrected chi connectivity index (χ0v) is 17.1. The van der Waals surface area contributed by atoms with Crippen LogP contribution in [0.25, 0.3) is 0 Å². The number of anilines is 1. The van der Waals surface area contributed by atoms with Crippen LogP contribution in [0, 0.1) is 0 Å². The van der Waals surface area contributed by atoms with Gasteiger partial charge in [0.25, 0.3) is 0 Å². The number of hydrogen-bond acceptors (Lipinski definition) is 3. The normalized spacial score (nSPS) is 18.5. The van der Waals surface area contributed by atoms with Gasteiger partial charge in [-0.05, 0) is 23.6 Å². The van der Waals surface area contributed by atoms with E-state index < -0.39 is 35.8 Å². The number of hydrogen-bond donors (Lipinski definition) is 1. The third kappa shape index (κ3) is 4.74. The number of rotatable bonds is 5. The van der Waals surface area contributed by atoms with Gasteiger partial charge in [-0.3, -0.25) is 4.79 Å².